The van der Waals surface area contributed by atoms with Gasteiger partial charge in [-0.15, -0.1) is 11.3 Å². The van der Waals surface area contributed by atoms with E-state index >= 15 is 0 Å². The highest BCUT2D eigenvalue weighted by molar-refractivity contribution is 7.10. The summed E-state index contributed by atoms with van der Waals surface area (Å²) in [6.07, 6.45) is 4.14. The third kappa shape index (κ3) is 3.41. The number of aliphatic hydroxyl groups is 1. The number of thiophene rings is 1. The van der Waals surface area contributed by atoms with Gasteiger partial charge < -0.3 is 14.7 Å². The number of nitrogens with zero attached hydrogens (tertiary/aromatic N) is 2. The molecule has 1 fully saturated rings. The van der Waals surface area contributed by atoms with Crippen LogP contribution in [0.5, 0.6) is 5.75 Å². The summed E-state index contributed by atoms with van der Waals surface area (Å²) < 4.78 is 5.74. The normalized spacial score (nSPS) is 21.9. The van der Waals surface area contributed by atoms with Crippen molar-refractivity contribution in [1.82, 2.24) is 9.88 Å². The van der Waals surface area contributed by atoms with Crippen LogP contribution in [0.15, 0.2) is 65.8 Å². The fraction of sp³-hybridized carbons (Fsp3) is 0.208. The van der Waals surface area contributed by atoms with Crippen molar-refractivity contribution in [2.75, 3.05) is 0 Å². The lowest BCUT2D eigenvalue weighted by molar-refractivity contribution is -0.140. The average molecular weight is 433 g/mol. The number of aromatic nitrogens is 1. The average Bonchev–Trinajstić information content (AvgIpc) is 3.48. The predicted molar refractivity (Wildman–Crippen MR) is 117 cm³/mol. The number of aliphatic hydroxyl groups excluding tert-OH is 1. The summed E-state index contributed by atoms with van der Waals surface area (Å²) in [6.45, 7) is 2.22. The summed E-state index contributed by atoms with van der Waals surface area (Å²) in [4.78, 5) is 32.5. The monoisotopic (exact) mass is 432 g/mol. The van der Waals surface area contributed by atoms with Gasteiger partial charge >= 0.3 is 0 Å². The summed E-state index contributed by atoms with van der Waals surface area (Å²) >= 11 is 1.45. The number of likely N-dealkylation sites (tertiary alicyclic amines) is 1. The van der Waals surface area contributed by atoms with Gasteiger partial charge in [-0.3, -0.25) is 14.6 Å². The highest BCUT2D eigenvalue weighted by Gasteiger charge is 2.46. The lowest BCUT2D eigenvalue weighted by Gasteiger charge is -2.24. The summed E-state index contributed by atoms with van der Waals surface area (Å²) in [5.74, 6) is -0.671. The van der Waals surface area contributed by atoms with Gasteiger partial charge in [0.2, 0.25) is 0 Å². The Labute approximate surface area is 183 Å². The first-order valence-corrected chi connectivity index (χ1v) is 10.9. The maximum atomic E-state index is 13.1. The van der Waals surface area contributed by atoms with Crippen molar-refractivity contribution in [3.63, 3.8) is 0 Å². The van der Waals surface area contributed by atoms with Gasteiger partial charge in [0.05, 0.1) is 11.6 Å². The van der Waals surface area contributed by atoms with Gasteiger partial charge in [-0.1, -0.05) is 12.1 Å². The van der Waals surface area contributed by atoms with Crippen LogP contribution in [-0.4, -0.2) is 32.8 Å². The molecular formula is C24H20N2O4S. The Kier molecular flexibility index (Phi) is 4.82. The van der Waals surface area contributed by atoms with Crippen LogP contribution < -0.4 is 4.74 Å². The topological polar surface area (TPSA) is 79.7 Å². The zero-order valence-corrected chi connectivity index (χ0v) is 17.6. The molecule has 0 spiro atoms. The molecule has 1 aromatic carbocycles. The van der Waals surface area contributed by atoms with E-state index in [-0.39, 0.29) is 24.0 Å². The Morgan fingerprint density at radius 3 is 2.87 bits per heavy atom. The second-order valence-electron chi connectivity index (χ2n) is 7.76. The Hall–Kier alpha value is -3.45. The number of amides is 1. The number of Topliss-reactive ketones (excluding diaryl/α,β-unsaturated/α-hetero) is 1. The van der Waals surface area contributed by atoms with Crippen LogP contribution in [0.25, 0.3) is 5.76 Å². The number of hydrogen-bond donors (Lipinski definition) is 1. The van der Waals surface area contributed by atoms with Gasteiger partial charge in [0.15, 0.2) is 0 Å². The van der Waals surface area contributed by atoms with E-state index in [0.29, 0.717) is 5.56 Å². The van der Waals surface area contributed by atoms with Gasteiger partial charge in [-0.25, -0.2) is 0 Å². The Bertz CT molecular complexity index is 1190. The van der Waals surface area contributed by atoms with Crippen LogP contribution in [0.1, 0.15) is 34.5 Å². The quantitative estimate of drug-likeness (QED) is 0.382. The second-order valence-corrected chi connectivity index (χ2v) is 8.74. The summed E-state index contributed by atoms with van der Waals surface area (Å²) in [7, 11) is 0. The van der Waals surface area contributed by atoms with Gasteiger partial charge in [0.1, 0.15) is 17.6 Å². The minimum Gasteiger partial charge on any atom is -0.507 e. The molecule has 0 saturated carbocycles. The van der Waals surface area contributed by atoms with E-state index in [1.54, 1.807) is 30.6 Å². The zero-order valence-electron chi connectivity index (χ0n) is 16.8. The third-order valence-electron chi connectivity index (χ3n) is 5.60. The molecule has 6 nitrogen and oxygen atoms in total. The standard InChI is InChI=1S/C24H20N2O4S/c1-14-10-17-11-16(6-7-18(17)30-14)22(27)20-21(19-5-3-9-31-19)26(24(29)23(20)28)13-15-4-2-8-25-12-15/h2-9,11-12,14,21,27H,10,13H2,1H3/t14-,21+/m1/s1. The van der Waals surface area contributed by atoms with Crippen LogP contribution in [0.3, 0.4) is 0 Å². The lowest BCUT2D eigenvalue weighted by Crippen LogP contribution is -2.28. The number of rotatable bonds is 4. The minimum atomic E-state index is -0.676. The fourth-order valence-corrected chi connectivity index (χ4v) is 5.04. The van der Waals surface area contributed by atoms with E-state index in [0.717, 1.165) is 28.2 Å². The van der Waals surface area contributed by atoms with Crippen LogP contribution >= 0.6 is 11.3 Å². The molecule has 4 heterocycles. The van der Waals surface area contributed by atoms with E-state index in [2.05, 4.69) is 4.98 Å². The molecule has 3 aromatic rings. The van der Waals surface area contributed by atoms with Crippen molar-refractivity contribution in [3.05, 3.63) is 87.4 Å². The van der Waals surface area contributed by atoms with Crippen molar-refractivity contribution in [2.24, 2.45) is 0 Å². The van der Waals surface area contributed by atoms with Crippen molar-refractivity contribution in [1.29, 1.82) is 0 Å². The summed E-state index contributed by atoms with van der Waals surface area (Å²) in [5, 5.41) is 13.1. The van der Waals surface area contributed by atoms with E-state index in [1.165, 1.54) is 16.2 Å². The van der Waals surface area contributed by atoms with Crippen LogP contribution in [-0.2, 0) is 22.6 Å². The molecular weight excluding hydrogens is 412 g/mol. The van der Waals surface area contributed by atoms with Crippen molar-refractivity contribution in [3.8, 4) is 5.75 Å². The van der Waals surface area contributed by atoms with E-state index < -0.39 is 17.7 Å². The van der Waals surface area contributed by atoms with E-state index in [1.807, 2.05) is 36.6 Å². The molecule has 156 valence electrons. The maximum absolute atomic E-state index is 13.1. The molecule has 0 bridgehead atoms. The molecule has 2 aliphatic heterocycles. The first-order chi connectivity index (χ1) is 15.0. The number of fused-ring (bicyclic) bond motifs is 1. The van der Waals surface area contributed by atoms with Gasteiger partial charge in [-0.05, 0) is 53.8 Å². The molecule has 2 aliphatic rings. The smallest absolute Gasteiger partial charge is 0.295 e. The van der Waals surface area contributed by atoms with Gasteiger partial charge in [0, 0.05) is 35.8 Å². The second kappa shape index (κ2) is 7.67. The van der Waals surface area contributed by atoms with Crippen LogP contribution in [0.4, 0.5) is 0 Å². The molecule has 0 unspecified atom stereocenters. The van der Waals surface area contributed by atoms with Crippen LogP contribution in [0.2, 0.25) is 0 Å². The molecule has 1 N–H and O–H groups in total. The molecule has 0 aliphatic carbocycles. The van der Waals surface area contributed by atoms with Crippen molar-refractivity contribution in [2.45, 2.75) is 32.0 Å². The Morgan fingerprint density at radius 2 is 2.13 bits per heavy atom. The molecule has 0 radical (unpaired) electrons. The minimum absolute atomic E-state index is 0.0728. The number of ether oxygens (including phenoxy) is 1. The zero-order chi connectivity index (χ0) is 21.5. The predicted octanol–water partition coefficient (Wildman–Crippen LogP) is 4.09. The third-order valence-corrected chi connectivity index (χ3v) is 6.52. The first kappa shape index (κ1) is 19.5. The lowest BCUT2D eigenvalue weighted by atomic mass is 9.98. The van der Waals surface area contributed by atoms with Crippen LogP contribution in [0, 0.1) is 0 Å². The summed E-state index contributed by atoms with van der Waals surface area (Å²) in [6, 6.07) is 12.1. The molecule has 1 amide bonds. The van der Waals surface area contributed by atoms with Gasteiger partial charge in [-0.2, -0.15) is 0 Å². The van der Waals surface area contributed by atoms with Crippen molar-refractivity contribution >= 4 is 28.8 Å². The van der Waals surface area contributed by atoms with E-state index in [9.17, 15) is 14.7 Å². The molecule has 1 saturated heterocycles. The summed E-state index contributed by atoms with van der Waals surface area (Å²) in [5.41, 5.74) is 2.42. The number of pyridine rings is 1. The highest BCUT2D eigenvalue weighted by atomic mass is 32.1. The van der Waals surface area contributed by atoms with Crippen molar-refractivity contribution < 1.29 is 19.4 Å². The van der Waals surface area contributed by atoms with E-state index in [4.69, 9.17) is 4.74 Å². The number of hydrogen-bond acceptors (Lipinski definition) is 6. The Morgan fingerprint density at radius 1 is 1.26 bits per heavy atom. The molecule has 2 aromatic heterocycles. The number of ketones is 1. The molecule has 31 heavy (non-hydrogen) atoms. The Balaban J connectivity index is 1.60. The fourth-order valence-electron chi connectivity index (χ4n) is 4.20. The molecule has 5 rings (SSSR count). The molecule has 2 atom stereocenters. The number of carbonyl (C=O) groups is 2. The number of carbonyl (C=O) groups excluding carboxylic acids is 2. The largest absolute Gasteiger partial charge is 0.507 e. The number of benzene rings is 1. The molecule has 7 heteroatoms. The SMILES string of the molecule is C[C@@H]1Cc2cc(C(O)=C3C(=O)C(=O)N(Cc4cccnc4)[C@H]3c3cccs3)ccc2O1. The highest BCUT2D eigenvalue weighted by Crippen LogP contribution is 2.42. The maximum Gasteiger partial charge on any atom is 0.295 e. The van der Waals surface area contributed by atoms with Gasteiger partial charge in [0.25, 0.3) is 11.7 Å². The first-order valence-electron chi connectivity index (χ1n) is 10.0.